The summed E-state index contributed by atoms with van der Waals surface area (Å²) in [7, 11) is 0. The van der Waals surface area contributed by atoms with Gasteiger partial charge in [0.25, 0.3) is 0 Å². The number of piperidine rings is 1. The molecule has 2 unspecified atom stereocenters. The molecule has 0 aromatic carbocycles. The minimum absolute atomic E-state index is 0.594. The van der Waals surface area contributed by atoms with Crippen molar-refractivity contribution in [2.24, 2.45) is 5.92 Å². The third-order valence-corrected chi connectivity index (χ3v) is 4.60. The first kappa shape index (κ1) is 12.9. The molecule has 2 aliphatic heterocycles. The summed E-state index contributed by atoms with van der Waals surface area (Å²) in [6.07, 6.45) is 3.48. The molecule has 112 valence electrons. The summed E-state index contributed by atoms with van der Waals surface area (Å²) in [5.41, 5.74) is 0. The van der Waals surface area contributed by atoms with E-state index in [9.17, 15) is 0 Å². The van der Waals surface area contributed by atoms with E-state index >= 15 is 0 Å². The zero-order valence-electron chi connectivity index (χ0n) is 12.3. The fourth-order valence-electron chi connectivity index (χ4n) is 3.41. The molecule has 0 saturated carbocycles. The maximum Gasteiger partial charge on any atom is 0.245 e. The van der Waals surface area contributed by atoms with E-state index in [2.05, 4.69) is 32.3 Å². The molecule has 2 aliphatic rings. The van der Waals surface area contributed by atoms with Crippen LogP contribution in [0, 0.1) is 5.92 Å². The lowest BCUT2D eigenvalue weighted by molar-refractivity contribution is 0.340. The van der Waals surface area contributed by atoms with Crippen LogP contribution >= 0.6 is 0 Å². The molecule has 0 bridgehead atoms. The lowest BCUT2D eigenvalue weighted by atomic mass is 9.94. The van der Waals surface area contributed by atoms with Crippen LogP contribution < -0.4 is 10.2 Å². The van der Waals surface area contributed by atoms with Crippen LogP contribution in [0.25, 0.3) is 11.6 Å². The van der Waals surface area contributed by atoms with Gasteiger partial charge < -0.3 is 14.6 Å². The van der Waals surface area contributed by atoms with Crippen molar-refractivity contribution < 1.29 is 4.42 Å². The standard InChI is InChI=1S/C15H21N5O/c1-2-11-5-6-13(21-11)14-17-15(19-18-14)20-8-10-4-3-7-16-12(10)9-20/h5-6,10,12,16H,2-4,7-9H2,1H3,(H,17,18,19). The summed E-state index contributed by atoms with van der Waals surface area (Å²) in [6, 6.07) is 4.54. The number of hydrogen-bond donors (Lipinski definition) is 2. The van der Waals surface area contributed by atoms with Crippen LogP contribution in [0.2, 0.25) is 0 Å². The van der Waals surface area contributed by atoms with E-state index in [1.165, 1.54) is 12.8 Å². The maximum atomic E-state index is 5.72. The van der Waals surface area contributed by atoms with Crippen LogP contribution in [0.1, 0.15) is 25.5 Å². The van der Waals surface area contributed by atoms with Crippen molar-refractivity contribution in [2.75, 3.05) is 24.5 Å². The van der Waals surface area contributed by atoms with Gasteiger partial charge in [-0.15, -0.1) is 5.10 Å². The monoisotopic (exact) mass is 287 g/mol. The predicted molar refractivity (Wildman–Crippen MR) is 80.2 cm³/mol. The molecule has 2 fully saturated rings. The summed E-state index contributed by atoms with van der Waals surface area (Å²) in [5, 5.41) is 11.0. The number of anilines is 1. The second-order valence-corrected chi connectivity index (χ2v) is 5.97. The highest BCUT2D eigenvalue weighted by Crippen LogP contribution is 2.28. The number of aryl methyl sites for hydroxylation is 1. The van der Waals surface area contributed by atoms with Gasteiger partial charge in [-0.2, -0.15) is 4.98 Å². The van der Waals surface area contributed by atoms with Crippen molar-refractivity contribution in [3.63, 3.8) is 0 Å². The molecule has 2 aromatic heterocycles. The van der Waals surface area contributed by atoms with Crippen LogP contribution in [0.15, 0.2) is 16.5 Å². The molecule has 2 atom stereocenters. The van der Waals surface area contributed by atoms with Crippen molar-refractivity contribution >= 4 is 5.95 Å². The molecule has 6 heteroatoms. The molecule has 0 amide bonds. The van der Waals surface area contributed by atoms with E-state index in [1.54, 1.807) is 0 Å². The minimum atomic E-state index is 0.594. The predicted octanol–water partition coefficient (Wildman–Crippen LogP) is 1.82. The highest BCUT2D eigenvalue weighted by atomic mass is 16.3. The van der Waals surface area contributed by atoms with Gasteiger partial charge in [-0.05, 0) is 37.4 Å². The van der Waals surface area contributed by atoms with Crippen molar-refractivity contribution in [2.45, 2.75) is 32.2 Å². The van der Waals surface area contributed by atoms with Crippen LogP contribution in [0.5, 0.6) is 0 Å². The number of furan rings is 1. The third kappa shape index (κ3) is 2.33. The first-order valence-corrected chi connectivity index (χ1v) is 7.83. The van der Waals surface area contributed by atoms with Gasteiger partial charge in [-0.3, -0.25) is 5.10 Å². The Kier molecular flexibility index (Phi) is 3.18. The Morgan fingerprint density at radius 1 is 1.38 bits per heavy atom. The van der Waals surface area contributed by atoms with E-state index < -0.39 is 0 Å². The summed E-state index contributed by atoms with van der Waals surface area (Å²) in [6.45, 7) is 5.27. The molecular formula is C15H21N5O. The molecule has 21 heavy (non-hydrogen) atoms. The van der Waals surface area contributed by atoms with Gasteiger partial charge in [0, 0.05) is 25.6 Å². The van der Waals surface area contributed by atoms with E-state index in [1.807, 2.05) is 12.1 Å². The van der Waals surface area contributed by atoms with E-state index in [4.69, 9.17) is 4.42 Å². The van der Waals surface area contributed by atoms with Gasteiger partial charge >= 0.3 is 0 Å². The number of nitrogens with zero attached hydrogens (tertiary/aromatic N) is 3. The van der Waals surface area contributed by atoms with Crippen LogP contribution in [-0.4, -0.2) is 40.9 Å². The maximum absolute atomic E-state index is 5.72. The molecule has 2 saturated heterocycles. The third-order valence-electron chi connectivity index (χ3n) is 4.60. The molecule has 6 nitrogen and oxygen atoms in total. The van der Waals surface area contributed by atoms with Crippen LogP contribution in [0.4, 0.5) is 5.95 Å². The van der Waals surface area contributed by atoms with Crippen LogP contribution in [-0.2, 0) is 6.42 Å². The fraction of sp³-hybridized carbons (Fsp3) is 0.600. The molecule has 2 N–H and O–H groups in total. The van der Waals surface area contributed by atoms with Gasteiger partial charge in [0.1, 0.15) is 5.76 Å². The summed E-state index contributed by atoms with van der Waals surface area (Å²) in [4.78, 5) is 6.88. The summed E-state index contributed by atoms with van der Waals surface area (Å²) < 4.78 is 5.72. The van der Waals surface area contributed by atoms with Crippen molar-refractivity contribution in [3.05, 3.63) is 17.9 Å². The highest BCUT2D eigenvalue weighted by molar-refractivity contribution is 5.50. The Labute approximate surface area is 123 Å². The van der Waals surface area contributed by atoms with Crippen molar-refractivity contribution in [3.8, 4) is 11.6 Å². The van der Waals surface area contributed by atoms with Gasteiger partial charge in [0.2, 0.25) is 5.95 Å². The second-order valence-electron chi connectivity index (χ2n) is 5.97. The quantitative estimate of drug-likeness (QED) is 0.901. The molecule has 0 aliphatic carbocycles. The van der Waals surface area contributed by atoms with Gasteiger partial charge in [0.05, 0.1) is 0 Å². The number of fused-ring (bicyclic) bond motifs is 1. The molecule has 0 spiro atoms. The molecule has 4 rings (SSSR count). The number of aromatic nitrogens is 3. The number of hydrogen-bond acceptors (Lipinski definition) is 5. The Balaban J connectivity index is 1.52. The largest absolute Gasteiger partial charge is 0.458 e. The van der Waals surface area contributed by atoms with E-state index in [0.29, 0.717) is 11.9 Å². The van der Waals surface area contributed by atoms with Crippen molar-refractivity contribution in [1.29, 1.82) is 0 Å². The number of nitrogens with one attached hydrogen (secondary N) is 2. The summed E-state index contributed by atoms with van der Waals surface area (Å²) >= 11 is 0. The van der Waals surface area contributed by atoms with E-state index in [-0.39, 0.29) is 0 Å². The lowest BCUT2D eigenvalue weighted by Crippen LogP contribution is -2.40. The number of rotatable bonds is 3. The molecule has 0 radical (unpaired) electrons. The average Bonchev–Trinajstić information content (AvgIpc) is 3.24. The molecular weight excluding hydrogens is 266 g/mol. The fourth-order valence-corrected chi connectivity index (χ4v) is 3.41. The smallest absolute Gasteiger partial charge is 0.245 e. The Bertz CT molecular complexity index is 605. The number of aromatic amines is 1. The van der Waals surface area contributed by atoms with Crippen molar-refractivity contribution in [1.82, 2.24) is 20.5 Å². The van der Waals surface area contributed by atoms with Gasteiger partial charge in [-0.1, -0.05) is 6.92 Å². The Morgan fingerprint density at radius 3 is 3.14 bits per heavy atom. The van der Waals surface area contributed by atoms with Crippen LogP contribution in [0.3, 0.4) is 0 Å². The zero-order chi connectivity index (χ0) is 14.2. The lowest BCUT2D eigenvalue weighted by Gasteiger charge is -2.24. The first-order valence-electron chi connectivity index (χ1n) is 7.83. The molecule has 4 heterocycles. The summed E-state index contributed by atoms with van der Waals surface area (Å²) in [5.74, 6) is 3.97. The highest BCUT2D eigenvalue weighted by Gasteiger charge is 2.35. The topological polar surface area (TPSA) is 70.0 Å². The normalized spacial score (nSPS) is 25.3. The van der Waals surface area contributed by atoms with E-state index in [0.717, 1.165) is 49.4 Å². The van der Waals surface area contributed by atoms with Gasteiger partial charge in [-0.25, -0.2) is 0 Å². The Morgan fingerprint density at radius 2 is 2.33 bits per heavy atom. The SMILES string of the molecule is CCc1ccc(-c2nc(N3CC4CCCNC4C3)n[nH]2)o1. The minimum Gasteiger partial charge on any atom is -0.458 e. The zero-order valence-corrected chi connectivity index (χ0v) is 12.3. The first-order chi connectivity index (χ1) is 10.3. The second kappa shape index (κ2) is 5.18. The molecule has 2 aromatic rings. The number of H-pyrrole nitrogens is 1. The average molecular weight is 287 g/mol. The van der Waals surface area contributed by atoms with Gasteiger partial charge in [0.15, 0.2) is 11.6 Å². The Hall–Kier alpha value is -1.82.